The summed E-state index contributed by atoms with van der Waals surface area (Å²) >= 11 is 0. The van der Waals surface area contributed by atoms with E-state index in [1.165, 1.54) is 6.42 Å². The van der Waals surface area contributed by atoms with Gasteiger partial charge in [-0.3, -0.25) is 0 Å². The monoisotopic (exact) mass is 145 g/mol. The second-order valence-corrected chi connectivity index (χ2v) is 2.91. The molecule has 1 atom stereocenters. The molecule has 0 aliphatic carbocycles. The molecule has 0 aromatic heterocycles. The molecule has 1 aliphatic rings. The Morgan fingerprint density at radius 1 is 1.50 bits per heavy atom. The molecular formula is C8H19NO. The highest BCUT2D eigenvalue weighted by Crippen LogP contribution is 2.03. The number of likely N-dealkylation sites (N-methyl/N-ethyl adjacent to an activating group) is 1. The Hall–Kier alpha value is -0.0800. The fraction of sp³-hybridized carbons (Fsp3) is 1.00. The van der Waals surface area contributed by atoms with Crippen LogP contribution in [0.15, 0.2) is 0 Å². The average Bonchev–Trinajstić information content (AvgIpc) is 2.17. The van der Waals surface area contributed by atoms with E-state index < -0.39 is 0 Å². The Morgan fingerprint density at radius 3 is 2.10 bits per heavy atom. The van der Waals surface area contributed by atoms with Crippen molar-refractivity contribution in [3.63, 3.8) is 0 Å². The highest BCUT2D eigenvalue weighted by Gasteiger charge is 2.14. The molecule has 1 rings (SSSR count). The van der Waals surface area contributed by atoms with Crippen LogP contribution in [0.1, 0.15) is 26.7 Å². The summed E-state index contributed by atoms with van der Waals surface area (Å²) in [6.07, 6.45) is 2.15. The van der Waals surface area contributed by atoms with Crippen LogP contribution in [0, 0.1) is 0 Å². The minimum atomic E-state index is -0.0509. The molecule has 0 radical (unpaired) electrons. The van der Waals surface area contributed by atoms with Gasteiger partial charge in [-0.25, -0.2) is 0 Å². The second kappa shape index (κ2) is 5.69. The molecule has 0 aromatic rings. The molecule has 1 fully saturated rings. The van der Waals surface area contributed by atoms with Gasteiger partial charge in [0.25, 0.3) is 0 Å². The number of β-amino-alcohol motifs (C(OH)–C–C–N with tert-alkyl or cyclic N) is 1. The number of aliphatic hydroxyl groups is 1. The van der Waals surface area contributed by atoms with Gasteiger partial charge in [-0.1, -0.05) is 20.3 Å². The molecule has 0 aromatic carbocycles. The standard InChI is InChI=1S/C5H11NO.C3H8/c1-6-3-2-5(7)4-6;1-3-2/h5,7H,2-4H2,1H3;3H2,1-2H3. The van der Waals surface area contributed by atoms with Crippen LogP contribution in [0.3, 0.4) is 0 Å². The van der Waals surface area contributed by atoms with Gasteiger partial charge in [-0.2, -0.15) is 0 Å². The average molecular weight is 145 g/mol. The summed E-state index contributed by atoms with van der Waals surface area (Å²) in [7, 11) is 2.02. The summed E-state index contributed by atoms with van der Waals surface area (Å²) in [6, 6.07) is 0. The molecular weight excluding hydrogens is 126 g/mol. The summed E-state index contributed by atoms with van der Waals surface area (Å²) in [4.78, 5) is 2.13. The zero-order valence-corrected chi connectivity index (χ0v) is 7.30. The third-order valence-corrected chi connectivity index (χ3v) is 1.37. The van der Waals surface area contributed by atoms with Gasteiger partial charge in [0.2, 0.25) is 0 Å². The Morgan fingerprint density at radius 2 is 2.00 bits per heavy atom. The molecule has 0 spiro atoms. The minimum Gasteiger partial charge on any atom is -0.392 e. The van der Waals surface area contributed by atoms with E-state index in [9.17, 15) is 0 Å². The fourth-order valence-electron chi connectivity index (χ4n) is 0.912. The highest BCUT2D eigenvalue weighted by molar-refractivity contribution is 4.70. The van der Waals surface area contributed by atoms with Gasteiger partial charge >= 0.3 is 0 Å². The van der Waals surface area contributed by atoms with Crippen molar-refractivity contribution in [2.24, 2.45) is 0 Å². The van der Waals surface area contributed by atoms with Crippen LogP contribution in [0.2, 0.25) is 0 Å². The summed E-state index contributed by atoms with van der Waals surface area (Å²) in [5.74, 6) is 0. The predicted octanol–water partition coefficient (Wildman–Crippen LogP) is 1.10. The number of rotatable bonds is 0. The van der Waals surface area contributed by atoms with E-state index in [0.717, 1.165) is 19.5 Å². The van der Waals surface area contributed by atoms with Crippen LogP contribution in [-0.4, -0.2) is 36.2 Å². The summed E-state index contributed by atoms with van der Waals surface area (Å²) in [5.41, 5.74) is 0. The molecule has 1 aliphatic heterocycles. The van der Waals surface area contributed by atoms with Gasteiger partial charge in [-0.05, 0) is 13.5 Å². The van der Waals surface area contributed by atoms with E-state index in [1.807, 2.05) is 7.05 Å². The van der Waals surface area contributed by atoms with E-state index >= 15 is 0 Å². The van der Waals surface area contributed by atoms with Crippen molar-refractivity contribution in [2.45, 2.75) is 32.8 Å². The third kappa shape index (κ3) is 4.77. The molecule has 1 saturated heterocycles. The van der Waals surface area contributed by atoms with Crippen molar-refractivity contribution in [2.75, 3.05) is 20.1 Å². The van der Waals surface area contributed by atoms with Crippen molar-refractivity contribution in [1.82, 2.24) is 4.90 Å². The van der Waals surface area contributed by atoms with Crippen LogP contribution < -0.4 is 0 Å². The number of hydrogen-bond acceptors (Lipinski definition) is 2. The molecule has 0 bridgehead atoms. The SMILES string of the molecule is CCC.CN1CCC(O)C1. The smallest absolute Gasteiger partial charge is 0.0679 e. The lowest BCUT2D eigenvalue weighted by Gasteiger charge is -2.02. The topological polar surface area (TPSA) is 23.5 Å². The number of aliphatic hydroxyl groups excluding tert-OH is 1. The van der Waals surface area contributed by atoms with E-state index in [2.05, 4.69) is 18.7 Å². The van der Waals surface area contributed by atoms with Gasteiger partial charge in [0.15, 0.2) is 0 Å². The largest absolute Gasteiger partial charge is 0.392 e. The molecule has 1 N–H and O–H groups in total. The molecule has 2 heteroatoms. The Bertz CT molecular complexity index is 67.7. The normalized spacial score (nSPS) is 25.8. The third-order valence-electron chi connectivity index (χ3n) is 1.37. The lowest BCUT2D eigenvalue weighted by molar-refractivity contribution is 0.183. The molecule has 0 saturated carbocycles. The van der Waals surface area contributed by atoms with E-state index in [0.29, 0.717) is 0 Å². The quantitative estimate of drug-likeness (QED) is 0.551. The first kappa shape index (κ1) is 9.92. The van der Waals surface area contributed by atoms with Crippen LogP contribution in [-0.2, 0) is 0 Å². The molecule has 0 amide bonds. The Labute approximate surface area is 63.8 Å². The van der Waals surface area contributed by atoms with Crippen molar-refractivity contribution in [3.05, 3.63) is 0 Å². The molecule has 62 valence electrons. The molecule has 10 heavy (non-hydrogen) atoms. The van der Waals surface area contributed by atoms with Crippen molar-refractivity contribution in [3.8, 4) is 0 Å². The van der Waals surface area contributed by atoms with Gasteiger partial charge < -0.3 is 10.0 Å². The first-order chi connectivity index (χ1) is 4.70. The fourth-order valence-corrected chi connectivity index (χ4v) is 0.912. The maximum Gasteiger partial charge on any atom is 0.0679 e. The maximum atomic E-state index is 8.86. The van der Waals surface area contributed by atoms with Crippen molar-refractivity contribution in [1.29, 1.82) is 0 Å². The second-order valence-electron chi connectivity index (χ2n) is 2.91. The molecule has 1 unspecified atom stereocenters. The number of hydrogen-bond donors (Lipinski definition) is 1. The summed E-state index contributed by atoms with van der Waals surface area (Å²) < 4.78 is 0. The van der Waals surface area contributed by atoms with E-state index in [1.54, 1.807) is 0 Å². The highest BCUT2D eigenvalue weighted by atomic mass is 16.3. The lowest BCUT2D eigenvalue weighted by atomic mass is 10.3. The zero-order valence-electron chi connectivity index (χ0n) is 7.30. The van der Waals surface area contributed by atoms with Gasteiger partial charge in [-0.15, -0.1) is 0 Å². The molecule has 1 heterocycles. The van der Waals surface area contributed by atoms with Crippen molar-refractivity contribution >= 4 is 0 Å². The Kier molecular flexibility index (Phi) is 5.64. The van der Waals surface area contributed by atoms with E-state index in [4.69, 9.17) is 5.11 Å². The number of likely N-dealkylation sites (tertiary alicyclic amines) is 1. The van der Waals surface area contributed by atoms with Gasteiger partial charge in [0.05, 0.1) is 6.10 Å². The first-order valence-corrected chi connectivity index (χ1v) is 4.07. The van der Waals surface area contributed by atoms with Crippen LogP contribution in [0.4, 0.5) is 0 Å². The lowest BCUT2D eigenvalue weighted by Crippen LogP contribution is -2.15. The van der Waals surface area contributed by atoms with Crippen LogP contribution in [0.5, 0.6) is 0 Å². The first-order valence-electron chi connectivity index (χ1n) is 4.07. The molecule has 2 nitrogen and oxygen atoms in total. The van der Waals surface area contributed by atoms with Crippen molar-refractivity contribution < 1.29 is 5.11 Å². The van der Waals surface area contributed by atoms with E-state index in [-0.39, 0.29) is 6.10 Å². The minimum absolute atomic E-state index is 0.0509. The maximum absolute atomic E-state index is 8.86. The zero-order chi connectivity index (χ0) is 7.98. The van der Waals surface area contributed by atoms with Gasteiger partial charge in [0, 0.05) is 13.1 Å². The predicted molar refractivity (Wildman–Crippen MR) is 44.1 cm³/mol. The number of nitrogens with zero attached hydrogens (tertiary/aromatic N) is 1. The Balaban J connectivity index is 0.000000236. The summed E-state index contributed by atoms with van der Waals surface area (Å²) in [6.45, 7) is 6.17. The van der Waals surface area contributed by atoms with Gasteiger partial charge in [0.1, 0.15) is 0 Å². The van der Waals surface area contributed by atoms with Crippen LogP contribution >= 0.6 is 0 Å². The summed E-state index contributed by atoms with van der Waals surface area (Å²) in [5, 5.41) is 8.86. The van der Waals surface area contributed by atoms with Crippen LogP contribution in [0.25, 0.3) is 0 Å².